The fraction of sp³-hybridized carbons (Fsp3) is 0.500. The van der Waals surface area contributed by atoms with E-state index in [0.29, 0.717) is 17.1 Å². The summed E-state index contributed by atoms with van der Waals surface area (Å²) in [7, 11) is 1.48. The van der Waals surface area contributed by atoms with Crippen molar-refractivity contribution < 1.29 is 14.3 Å². The number of nitrogens with one attached hydrogen (secondary N) is 1. The van der Waals surface area contributed by atoms with Gasteiger partial charge in [-0.15, -0.1) is 0 Å². The summed E-state index contributed by atoms with van der Waals surface area (Å²) in [5, 5.41) is 3.03. The van der Waals surface area contributed by atoms with E-state index in [-0.39, 0.29) is 11.9 Å². The molecular formula is C16H22ClN3O3. The van der Waals surface area contributed by atoms with E-state index in [2.05, 4.69) is 15.2 Å². The normalized spacial score (nSPS) is 16.2. The van der Waals surface area contributed by atoms with E-state index in [4.69, 9.17) is 21.1 Å². The number of amides is 1. The maximum absolute atomic E-state index is 12.1. The summed E-state index contributed by atoms with van der Waals surface area (Å²) < 4.78 is 10.4. The minimum atomic E-state index is -0.329. The first-order chi connectivity index (χ1) is 11.2. The molecule has 0 saturated carbocycles. The maximum atomic E-state index is 12.1. The maximum Gasteiger partial charge on any atom is 0.291 e. The molecule has 0 bridgehead atoms. The van der Waals surface area contributed by atoms with Crippen molar-refractivity contribution in [2.24, 2.45) is 4.99 Å². The van der Waals surface area contributed by atoms with Gasteiger partial charge >= 0.3 is 0 Å². The average molecular weight is 340 g/mol. The van der Waals surface area contributed by atoms with Crippen molar-refractivity contribution >= 4 is 23.5 Å². The number of carbonyl (C=O) groups is 1. The van der Waals surface area contributed by atoms with Crippen LogP contribution in [-0.4, -0.2) is 63.3 Å². The fourth-order valence-corrected chi connectivity index (χ4v) is 2.49. The molecule has 0 unspecified atom stereocenters. The number of hydrogen-bond donors (Lipinski definition) is 1. The summed E-state index contributed by atoms with van der Waals surface area (Å²) >= 11 is 6.00. The van der Waals surface area contributed by atoms with Gasteiger partial charge in [-0.2, -0.15) is 0 Å². The molecule has 1 aliphatic rings. The molecule has 1 aliphatic heterocycles. The standard InChI is InChI=1S/C16H22ClN3O3/c1-22-16(18-7-4-8-20-9-11-23-12-10-20)19-15(21)13-5-2-3-6-14(13)17/h2-3,5-6H,4,7-12H2,1H3,(H,18,19,21). The molecule has 6 nitrogen and oxygen atoms in total. The lowest BCUT2D eigenvalue weighted by Crippen LogP contribution is -2.37. The summed E-state index contributed by atoms with van der Waals surface area (Å²) in [5.74, 6) is -0.329. The molecule has 2 rings (SSSR count). The molecule has 1 saturated heterocycles. The number of aliphatic imine (C=N–C) groups is 1. The molecule has 126 valence electrons. The molecule has 1 N–H and O–H groups in total. The van der Waals surface area contributed by atoms with Crippen LogP contribution >= 0.6 is 11.6 Å². The lowest BCUT2D eigenvalue weighted by Gasteiger charge is -2.26. The topological polar surface area (TPSA) is 63.2 Å². The predicted molar refractivity (Wildman–Crippen MR) is 90.1 cm³/mol. The molecule has 1 amide bonds. The van der Waals surface area contributed by atoms with E-state index in [0.717, 1.165) is 39.3 Å². The average Bonchev–Trinajstić information content (AvgIpc) is 2.58. The van der Waals surface area contributed by atoms with Crippen molar-refractivity contribution in [3.8, 4) is 0 Å². The van der Waals surface area contributed by atoms with Crippen LogP contribution in [0.3, 0.4) is 0 Å². The minimum Gasteiger partial charge on any atom is -0.468 e. The van der Waals surface area contributed by atoms with Gasteiger partial charge in [-0.05, 0) is 18.6 Å². The first-order valence-corrected chi connectivity index (χ1v) is 8.03. The third-order valence-electron chi connectivity index (χ3n) is 3.52. The predicted octanol–water partition coefficient (Wildman–Crippen LogP) is 1.79. The van der Waals surface area contributed by atoms with Crippen molar-refractivity contribution in [3.05, 3.63) is 34.9 Å². The van der Waals surface area contributed by atoms with Crippen molar-refractivity contribution in [1.29, 1.82) is 0 Å². The largest absolute Gasteiger partial charge is 0.468 e. The Hall–Kier alpha value is -1.63. The molecule has 7 heteroatoms. The zero-order chi connectivity index (χ0) is 16.5. The zero-order valence-corrected chi connectivity index (χ0v) is 14.0. The third kappa shape index (κ3) is 5.82. The Morgan fingerprint density at radius 3 is 2.83 bits per heavy atom. The summed E-state index contributed by atoms with van der Waals surface area (Å²) in [5.41, 5.74) is 0.396. The second-order valence-electron chi connectivity index (χ2n) is 5.13. The molecule has 23 heavy (non-hydrogen) atoms. The molecule has 1 fully saturated rings. The molecule has 0 spiro atoms. The van der Waals surface area contributed by atoms with Crippen molar-refractivity contribution in [3.63, 3.8) is 0 Å². The Morgan fingerprint density at radius 2 is 2.13 bits per heavy atom. The highest BCUT2D eigenvalue weighted by Gasteiger charge is 2.12. The van der Waals surface area contributed by atoms with E-state index < -0.39 is 0 Å². The van der Waals surface area contributed by atoms with Crippen LogP contribution in [0.2, 0.25) is 5.02 Å². The molecule has 1 heterocycles. The van der Waals surface area contributed by atoms with E-state index >= 15 is 0 Å². The Kier molecular flexibility index (Phi) is 7.32. The van der Waals surface area contributed by atoms with Gasteiger partial charge in [0, 0.05) is 26.2 Å². The van der Waals surface area contributed by atoms with E-state index in [9.17, 15) is 4.79 Å². The quantitative estimate of drug-likeness (QED) is 0.505. The number of nitrogens with zero attached hydrogens (tertiary/aromatic N) is 2. The van der Waals surface area contributed by atoms with Crippen LogP contribution < -0.4 is 5.32 Å². The highest BCUT2D eigenvalue weighted by Crippen LogP contribution is 2.14. The Morgan fingerprint density at radius 1 is 1.39 bits per heavy atom. The number of ether oxygens (including phenoxy) is 2. The molecule has 1 aromatic carbocycles. The van der Waals surface area contributed by atoms with Crippen LogP contribution in [0, 0.1) is 0 Å². The Balaban J connectivity index is 1.79. The van der Waals surface area contributed by atoms with Crippen LogP contribution in [0.1, 0.15) is 16.8 Å². The van der Waals surface area contributed by atoms with Gasteiger partial charge in [-0.1, -0.05) is 23.7 Å². The first kappa shape index (κ1) is 17.7. The van der Waals surface area contributed by atoms with Crippen molar-refractivity contribution in [1.82, 2.24) is 10.2 Å². The fourth-order valence-electron chi connectivity index (χ4n) is 2.26. The van der Waals surface area contributed by atoms with Gasteiger partial charge in [0.1, 0.15) is 0 Å². The highest BCUT2D eigenvalue weighted by atomic mass is 35.5. The molecule has 1 aromatic rings. The number of methoxy groups -OCH3 is 1. The minimum absolute atomic E-state index is 0.205. The van der Waals surface area contributed by atoms with E-state index in [1.165, 1.54) is 7.11 Å². The van der Waals surface area contributed by atoms with Crippen molar-refractivity contribution in [2.75, 3.05) is 46.5 Å². The smallest absolute Gasteiger partial charge is 0.291 e. The van der Waals surface area contributed by atoms with E-state index in [1.54, 1.807) is 24.3 Å². The lowest BCUT2D eigenvalue weighted by molar-refractivity contribution is 0.0377. The number of rotatable bonds is 5. The lowest BCUT2D eigenvalue weighted by atomic mass is 10.2. The highest BCUT2D eigenvalue weighted by molar-refractivity contribution is 6.34. The Labute approximate surface area is 141 Å². The van der Waals surface area contributed by atoms with Crippen LogP contribution in [0.25, 0.3) is 0 Å². The summed E-state index contributed by atoms with van der Waals surface area (Å²) in [6.07, 6.45) is 0.898. The molecule has 0 aliphatic carbocycles. The first-order valence-electron chi connectivity index (χ1n) is 7.65. The number of morpholine rings is 1. The summed E-state index contributed by atoms with van der Waals surface area (Å²) in [6.45, 7) is 5.06. The van der Waals surface area contributed by atoms with E-state index in [1.807, 2.05) is 0 Å². The molecule has 0 atom stereocenters. The van der Waals surface area contributed by atoms with Gasteiger partial charge in [0.05, 0.1) is 30.9 Å². The number of halogens is 1. The van der Waals surface area contributed by atoms with Gasteiger partial charge in [-0.25, -0.2) is 4.99 Å². The van der Waals surface area contributed by atoms with Crippen LogP contribution in [0.5, 0.6) is 0 Å². The van der Waals surface area contributed by atoms with Gasteiger partial charge in [0.15, 0.2) is 0 Å². The number of carbonyl (C=O) groups excluding carboxylic acids is 1. The SMILES string of the molecule is COC(=NCCCN1CCOCC1)NC(=O)c1ccccc1Cl. The van der Waals surface area contributed by atoms with Crippen LogP contribution in [0.15, 0.2) is 29.3 Å². The van der Waals surface area contributed by atoms with Crippen LogP contribution in [0.4, 0.5) is 0 Å². The number of benzene rings is 1. The molecule has 0 aromatic heterocycles. The third-order valence-corrected chi connectivity index (χ3v) is 3.85. The summed E-state index contributed by atoms with van der Waals surface area (Å²) in [6, 6.07) is 7.06. The second kappa shape index (κ2) is 9.50. The molecular weight excluding hydrogens is 318 g/mol. The van der Waals surface area contributed by atoms with Gasteiger partial charge in [0.2, 0.25) is 0 Å². The van der Waals surface area contributed by atoms with Gasteiger partial charge < -0.3 is 9.47 Å². The van der Waals surface area contributed by atoms with Gasteiger partial charge in [-0.3, -0.25) is 15.0 Å². The van der Waals surface area contributed by atoms with Crippen molar-refractivity contribution in [2.45, 2.75) is 6.42 Å². The Bertz CT molecular complexity index is 545. The molecule has 0 radical (unpaired) electrons. The van der Waals surface area contributed by atoms with Gasteiger partial charge in [0.25, 0.3) is 11.9 Å². The number of amidine groups is 1. The monoisotopic (exact) mass is 339 g/mol. The second-order valence-corrected chi connectivity index (χ2v) is 5.54. The number of hydrogen-bond acceptors (Lipinski definition) is 5. The zero-order valence-electron chi connectivity index (χ0n) is 13.3. The van der Waals surface area contributed by atoms with Crippen LogP contribution in [-0.2, 0) is 9.47 Å². The summed E-state index contributed by atoms with van der Waals surface area (Å²) in [4.78, 5) is 18.8.